The standard InChI is InChI=1S/C19H24FN3O2S/c1-15-11-18(4-5-19(15)20)26(24,25)22-13-16-6-9-23(10-7-16)14-17-3-2-8-21-12-17/h2-5,8,11-12,16,22H,6-7,9-10,13-14H2,1H3. The minimum atomic E-state index is -3.60. The molecule has 0 bridgehead atoms. The van der Waals surface area contributed by atoms with Gasteiger partial charge in [-0.1, -0.05) is 6.07 Å². The molecule has 1 fully saturated rings. The first-order chi connectivity index (χ1) is 12.4. The number of benzene rings is 1. The Labute approximate surface area is 154 Å². The van der Waals surface area contributed by atoms with E-state index in [4.69, 9.17) is 0 Å². The molecule has 0 radical (unpaired) electrons. The number of pyridine rings is 1. The van der Waals surface area contributed by atoms with Crippen LogP contribution in [0.5, 0.6) is 0 Å². The molecule has 2 aromatic rings. The molecule has 0 atom stereocenters. The van der Waals surface area contributed by atoms with Crippen LogP contribution in [0.1, 0.15) is 24.0 Å². The molecule has 5 nitrogen and oxygen atoms in total. The molecule has 7 heteroatoms. The van der Waals surface area contributed by atoms with E-state index in [-0.39, 0.29) is 4.90 Å². The third-order valence-electron chi connectivity index (χ3n) is 4.84. The fourth-order valence-corrected chi connectivity index (χ4v) is 4.39. The first-order valence-electron chi connectivity index (χ1n) is 8.81. The van der Waals surface area contributed by atoms with E-state index in [1.807, 2.05) is 12.3 Å². The van der Waals surface area contributed by atoms with Gasteiger partial charge in [0.25, 0.3) is 0 Å². The molecule has 2 heterocycles. The van der Waals surface area contributed by atoms with Crippen molar-refractivity contribution in [1.29, 1.82) is 0 Å². The number of likely N-dealkylation sites (tertiary alicyclic amines) is 1. The van der Waals surface area contributed by atoms with Crippen molar-refractivity contribution in [3.05, 3.63) is 59.7 Å². The van der Waals surface area contributed by atoms with E-state index in [0.717, 1.165) is 32.5 Å². The van der Waals surface area contributed by atoms with Crippen molar-refractivity contribution >= 4 is 10.0 Å². The Kier molecular flexibility index (Phi) is 6.01. The largest absolute Gasteiger partial charge is 0.299 e. The Morgan fingerprint density at radius 3 is 2.69 bits per heavy atom. The normalized spacial score (nSPS) is 16.7. The minimum absolute atomic E-state index is 0.116. The van der Waals surface area contributed by atoms with Gasteiger partial charge in [-0.25, -0.2) is 17.5 Å². The van der Waals surface area contributed by atoms with E-state index in [0.29, 0.717) is 18.0 Å². The molecule has 0 saturated carbocycles. The number of aromatic nitrogens is 1. The fourth-order valence-electron chi connectivity index (χ4n) is 3.19. The van der Waals surface area contributed by atoms with Gasteiger partial charge in [-0.3, -0.25) is 9.88 Å². The Morgan fingerprint density at radius 2 is 2.04 bits per heavy atom. The Hall–Kier alpha value is -1.83. The number of sulfonamides is 1. The van der Waals surface area contributed by atoms with Gasteiger partial charge in [0.05, 0.1) is 4.90 Å². The van der Waals surface area contributed by atoms with Crippen LogP contribution in [-0.4, -0.2) is 37.9 Å². The third-order valence-corrected chi connectivity index (χ3v) is 6.26. The van der Waals surface area contributed by atoms with Crippen LogP contribution in [0.25, 0.3) is 0 Å². The van der Waals surface area contributed by atoms with Crippen LogP contribution in [0, 0.1) is 18.7 Å². The molecule has 3 rings (SSSR count). The number of hydrogen-bond donors (Lipinski definition) is 1. The summed E-state index contributed by atoms with van der Waals surface area (Å²) in [5.74, 6) is -0.0820. The van der Waals surface area contributed by atoms with E-state index in [1.54, 1.807) is 13.1 Å². The summed E-state index contributed by atoms with van der Waals surface area (Å²) >= 11 is 0. The second-order valence-electron chi connectivity index (χ2n) is 6.84. The van der Waals surface area contributed by atoms with Gasteiger partial charge in [0.15, 0.2) is 0 Å². The second kappa shape index (κ2) is 8.24. The van der Waals surface area contributed by atoms with Crippen LogP contribution in [0.15, 0.2) is 47.6 Å². The highest BCUT2D eigenvalue weighted by Gasteiger charge is 2.22. The smallest absolute Gasteiger partial charge is 0.240 e. The molecule has 26 heavy (non-hydrogen) atoms. The molecule has 140 valence electrons. The summed E-state index contributed by atoms with van der Waals surface area (Å²) in [6.45, 7) is 4.74. The lowest BCUT2D eigenvalue weighted by molar-refractivity contribution is 0.178. The molecule has 1 aromatic carbocycles. The van der Waals surface area contributed by atoms with Gasteiger partial charge in [0, 0.05) is 25.5 Å². The number of piperidine rings is 1. The fraction of sp³-hybridized carbons (Fsp3) is 0.421. The molecule has 1 N–H and O–H groups in total. The summed E-state index contributed by atoms with van der Waals surface area (Å²) in [6.07, 6.45) is 5.55. The van der Waals surface area contributed by atoms with Crippen LogP contribution in [0.2, 0.25) is 0 Å². The number of halogens is 1. The summed E-state index contributed by atoms with van der Waals surface area (Å²) in [5.41, 5.74) is 1.52. The number of rotatable bonds is 6. The average Bonchev–Trinajstić information content (AvgIpc) is 2.64. The maximum Gasteiger partial charge on any atom is 0.240 e. The molecule has 0 amide bonds. The highest BCUT2D eigenvalue weighted by Crippen LogP contribution is 2.20. The van der Waals surface area contributed by atoms with Gasteiger partial charge in [-0.2, -0.15) is 0 Å². The van der Waals surface area contributed by atoms with Crippen LogP contribution in [0.4, 0.5) is 4.39 Å². The lowest BCUT2D eigenvalue weighted by Gasteiger charge is -2.31. The van der Waals surface area contributed by atoms with Crippen molar-refractivity contribution < 1.29 is 12.8 Å². The van der Waals surface area contributed by atoms with Crippen molar-refractivity contribution in [2.45, 2.75) is 31.2 Å². The molecular weight excluding hydrogens is 353 g/mol. The predicted octanol–water partition coefficient (Wildman–Crippen LogP) is 2.72. The average molecular weight is 377 g/mol. The molecule has 0 aliphatic carbocycles. The van der Waals surface area contributed by atoms with Crippen molar-refractivity contribution in [3.8, 4) is 0 Å². The van der Waals surface area contributed by atoms with E-state index in [1.165, 1.54) is 23.8 Å². The van der Waals surface area contributed by atoms with Crippen molar-refractivity contribution in [2.24, 2.45) is 5.92 Å². The van der Waals surface area contributed by atoms with Crippen molar-refractivity contribution in [1.82, 2.24) is 14.6 Å². The van der Waals surface area contributed by atoms with Gasteiger partial charge in [-0.05, 0) is 74.2 Å². The van der Waals surface area contributed by atoms with Gasteiger partial charge >= 0.3 is 0 Å². The van der Waals surface area contributed by atoms with Crippen LogP contribution in [-0.2, 0) is 16.6 Å². The summed E-state index contributed by atoms with van der Waals surface area (Å²) in [5, 5.41) is 0. The molecule has 1 aliphatic rings. The highest BCUT2D eigenvalue weighted by molar-refractivity contribution is 7.89. The number of nitrogens with zero attached hydrogens (tertiary/aromatic N) is 2. The van der Waals surface area contributed by atoms with Crippen molar-refractivity contribution in [2.75, 3.05) is 19.6 Å². The Morgan fingerprint density at radius 1 is 1.27 bits per heavy atom. The van der Waals surface area contributed by atoms with Crippen molar-refractivity contribution in [3.63, 3.8) is 0 Å². The molecule has 1 saturated heterocycles. The molecule has 0 spiro atoms. The van der Waals surface area contributed by atoms with Crippen LogP contribution in [0.3, 0.4) is 0 Å². The maximum atomic E-state index is 13.3. The molecular formula is C19H24FN3O2S. The van der Waals surface area contributed by atoms with E-state index >= 15 is 0 Å². The van der Waals surface area contributed by atoms with Crippen LogP contribution < -0.4 is 4.72 Å². The SMILES string of the molecule is Cc1cc(S(=O)(=O)NCC2CCN(Cc3cccnc3)CC2)ccc1F. The van der Waals surface area contributed by atoms with Gasteiger partial charge in [0.2, 0.25) is 10.0 Å². The number of nitrogens with one attached hydrogen (secondary N) is 1. The number of aryl methyl sites for hydroxylation is 1. The monoisotopic (exact) mass is 377 g/mol. The summed E-state index contributed by atoms with van der Waals surface area (Å²) in [4.78, 5) is 6.62. The maximum absolute atomic E-state index is 13.3. The summed E-state index contributed by atoms with van der Waals surface area (Å²) < 4.78 is 40.8. The lowest BCUT2D eigenvalue weighted by atomic mass is 9.97. The van der Waals surface area contributed by atoms with Gasteiger partial charge in [-0.15, -0.1) is 0 Å². The molecule has 0 unspecified atom stereocenters. The van der Waals surface area contributed by atoms with E-state index in [9.17, 15) is 12.8 Å². The molecule has 1 aromatic heterocycles. The van der Waals surface area contributed by atoms with E-state index < -0.39 is 15.8 Å². The van der Waals surface area contributed by atoms with Gasteiger partial charge < -0.3 is 0 Å². The minimum Gasteiger partial charge on any atom is -0.299 e. The highest BCUT2D eigenvalue weighted by atomic mass is 32.2. The topological polar surface area (TPSA) is 62.3 Å². The first kappa shape index (κ1) is 18.9. The first-order valence-corrected chi connectivity index (χ1v) is 10.3. The molecule has 1 aliphatic heterocycles. The quantitative estimate of drug-likeness (QED) is 0.841. The zero-order valence-electron chi connectivity index (χ0n) is 14.9. The zero-order chi connectivity index (χ0) is 18.6. The third kappa shape index (κ3) is 4.87. The lowest BCUT2D eigenvalue weighted by Crippen LogP contribution is -2.38. The van der Waals surface area contributed by atoms with E-state index in [2.05, 4.69) is 20.7 Å². The number of hydrogen-bond acceptors (Lipinski definition) is 4. The predicted molar refractivity (Wildman–Crippen MR) is 98.6 cm³/mol. The van der Waals surface area contributed by atoms with Crippen LogP contribution >= 0.6 is 0 Å². The Balaban J connectivity index is 1.49. The second-order valence-corrected chi connectivity index (χ2v) is 8.61. The summed E-state index contributed by atoms with van der Waals surface area (Å²) in [7, 11) is -3.60. The van der Waals surface area contributed by atoms with Gasteiger partial charge in [0.1, 0.15) is 5.82 Å². The zero-order valence-corrected chi connectivity index (χ0v) is 15.7. The summed E-state index contributed by atoms with van der Waals surface area (Å²) in [6, 6.07) is 7.88. The Bertz CT molecular complexity index is 835.